The summed E-state index contributed by atoms with van der Waals surface area (Å²) < 4.78 is 6.16. The summed E-state index contributed by atoms with van der Waals surface area (Å²) in [4.78, 5) is 38.0. The van der Waals surface area contributed by atoms with Gasteiger partial charge in [0, 0.05) is 11.9 Å². The molecule has 0 aliphatic heterocycles. The topological polar surface area (TPSA) is 81.2 Å². The molecule has 0 radical (unpaired) electrons. The lowest BCUT2D eigenvalue weighted by Gasteiger charge is -2.10. The molecule has 7 heteroatoms. The van der Waals surface area contributed by atoms with Crippen LogP contribution >= 0.6 is 15.9 Å². The maximum atomic E-state index is 12.0. The number of hydrogen-bond acceptors (Lipinski definition) is 4. The van der Waals surface area contributed by atoms with Crippen LogP contribution in [0.25, 0.3) is 10.9 Å². The highest BCUT2D eigenvalue weighted by molar-refractivity contribution is 9.09. The fourth-order valence-corrected chi connectivity index (χ4v) is 2.60. The number of carbonyl (C=O) groups is 1. The number of methoxy groups -OCH3 is 1. The molecular weight excluding hydrogens is 340 g/mol. The van der Waals surface area contributed by atoms with E-state index < -0.39 is 17.2 Å². The van der Waals surface area contributed by atoms with Gasteiger partial charge >= 0.3 is 11.7 Å². The average Bonchev–Trinajstić information content (AvgIpc) is 2.49. The van der Waals surface area contributed by atoms with Crippen LogP contribution in [0.1, 0.15) is 23.2 Å². The van der Waals surface area contributed by atoms with Crippen molar-refractivity contribution in [2.24, 2.45) is 0 Å². The van der Waals surface area contributed by atoms with Gasteiger partial charge in [-0.2, -0.15) is 0 Å². The molecule has 6 nitrogen and oxygen atoms in total. The van der Waals surface area contributed by atoms with E-state index in [1.807, 2.05) is 0 Å². The van der Waals surface area contributed by atoms with Gasteiger partial charge in [-0.05, 0) is 25.0 Å². The number of unbranched alkanes of at least 4 members (excludes halogenated alkanes) is 1. The number of aromatic nitrogens is 2. The lowest BCUT2D eigenvalue weighted by atomic mass is 10.1. The Morgan fingerprint density at radius 2 is 2.10 bits per heavy atom. The standard InChI is InChI=1S/C14H15BrN2O4/c1-21-13(19)9-5-4-6-10-11(9)12(18)16-14(20)17(10)8-3-2-7-15/h4-6H,2-3,7-8H2,1H3,(H,16,18,20). The second-order valence-corrected chi connectivity index (χ2v) is 5.29. The van der Waals surface area contributed by atoms with Gasteiger partial charge in [0.15, 0.2) is 0 Å². The first-order chi connectivity index (χ1) is 10.1. The minimum absolute atomic E-state index is 0.158. The van der Waals surface area contributed by atoms with Crippen molar-refractivity contribution in [2.45, 2.75) is 19.4 Å². The van der Waals surface area contributed by atoms with Crippen molar-refractivity contribution < 1.29 is 9.53 Å². The number of rotatable bonds is 5. The van der Waals surface area contributed by atoms with Crippen LogP contribution in [0.15, 0.2) is 27.8 Å². The van der Waals surface area contributed by atoms with E-state index in [9.17, 15) is 14.4 Å². The Hall–Kier alpha value is -1.89. The molecule has 2 rings (SSSR count). The molecule has 2 aromatic rings. The molecule has 1 N–H and O–H groups in total. The van der Waals surface area contributed by atoms with Crippen LogP contribution in [-0.4, -0.2) is 28.0 Å². The zero-order valence-electron chi connectivity index (χ0n) is 11.5. The minimum atomic E-state index is -0.600. The summed E-state index contributed by atoms with van der Waals surface area (Å²) in [6.45, 7) is 0.475. The predicted molar refractivity (Wildman–Crippen MR) is 83.2 cm³/mol. The number of aromatic amines is 1. The zero-order chi connectivity index (χ0) is 15.4. The van der Waals surface area contributed by atoms with E-state index in [1.54, 1.807) is 12.1 Å². The number of nitrogens with zero attached hydrogens (tertiary/aromatic N) is 1. The Morgan fingerprint density at radius 1 is 1.33 bits per heavy atom. The lowest BCUT2D eigenvalue weighted by molar-refractivity contribution is 0.0603. The van der Waals surface area contributed by atoms with Crippen molar-refractivity contribution in [1.82, 2.24) is 9.55 Å². The second kappa shape index (κ2) is 6.71. The van der Waals surface area contributed by atoms with Gasteiger partial charge in [-0.3, -0.25) is 14.3 Å². The summed E-state index contributed by atoms with van der Waals surface area (Å²) in [5, 5.41) is 1.03. The third-order valence-corrected chi connectivity index (χ3v) is 3.76. The van der Waals surface area contributed by atoms with Crippen molar-refractivity contribution in [3.8, 4) is 0 Å². The first kappa shape index (κ1) is 15.5. The normalized spacial score (nSPS) is 10.8. The lowest BCUT2D eigenvalue weighted by Crippen LogP contribution is -2.31. The molecule has 0 aliphatic carbocycles. The largest absolute Gasteiger partial charge is 0.465 e. The first-order valence-corrected chi connectivity index (χ1v) is 7.62. The molecule has 112 valence electrons. The molecule has 0 saturated carbocycles. The number of aryl methyl sites for hydroxylation is 1. The van der Waals surface area contributed by atoms with Crippen LogP contribution in [0.3, 0.4) is 0 Å². The van der Waals surface area contributed by atoms with Gasteiger partial charge in [0.25, 0.3) is 5.56 Å². The van der Waals surface area contributed by atoms with E-state index in [2.05, 4.69) is 25.7 Å². The van der Waals surface area contributed by atoms with Crippen LogP contribution in [0.4, 0.5) is 0 Å². The fourth-order valence-electron chi connectivity index (χ4n) is 2.21. The maximum absolute atomic E-state index is 12.0. The Kier molecular flexibility index (Phi) is 4.95. The van der Waals surface area contributed by atoms with Crippen molar-refractivity contribution in [3.63, 3.8) is 0 Å². The van der Waals surface area contributed by atoms with Crippen LogP contribution in [0.5, 0.6) is 0 Å². The van der Waals surface area contributed by atoms with E-state index in [0.29, 0.717) is 12.1 Å². The molecule has 0 bridgehead atoms. The zero-order valence-corrected chi connectivity index (χ0v) is 13.1. The van der Waals surface area contributed by atoms with Crippen LogP contribution < -0.4 is 11.2 Å². The van der Waals surface area contributed by atoms with Crippen molar-refractivity contribution in [3.05, 3.63) is 44.6 Å². The van der Waals surface area contributed by atoms with Gasteiger partial charge in [-0.15, -0.1) is 0 Å². The molecule has 1 aromatic heterocycles. The van der Waals surface area contributed by atoms with Crippen LogP contribution in [0, 0.1) is 0 Å². The third-order valence-electron chi connectivity index (χ3n) is 3.20. The molecular formula is C14H15BrN2O4. The molecule has 0 atom stereocenters. The Morgan fingerprint density at radius 3 is 2.76 bits per heavy atom. The number of halogens is 1. The van der Waals surface area contributed by atoms with E-state index in [4.69, 9.17) is 0 Å². The molecule has 0 aliphatic rings. The van der Waals surface area contributed by atoms with Gasteiger partial charge in [0.05, 0.1) is 23.6 Å². The number of carbonyl (C=O) groups excluding carboxylic acids is 1. The monoisotopic (exact) mass is 354 g/mol. The third kappa shape index (κ3) is 3.07. The summed E-state index contributed by atoms with van der Waals surface area (Å²) in [5.74, 6) is -0.600. The highest BCUT2D eigenvalue weighted by atomic mass is 79.9. The van der Waals surface area contributed by atoms with Gasteiger partial charge < -0.3 is 4.74 Å². The highest BCUT2D eigenvalue weighted by Gasteiger charge is 2.16. The SMILES string of the molecule is COC(=O)c1cccc2c1c(=O)[nH]c(=O)n2CCCCBr. The van der Waals surface area contributed by atoms with Crippen LogP contribution in [0.2, 0.25) is 0 Å². The summed E-state index contributed by atoms with van der Waals surface area (Å²) in [5.41, 5.74) is -0.441. The van der Waals surface area contributed by atoms with E-state index in [-0.39, 0.29) is 10.9 Å². The van der Waals surface area contributed by atoms with E-state index in [1.165, 1.54) is 17.7 Å². The number of hydrogen-bond donors (Lipinski definition) is 1. The minimum Gasteiger partial charge on any atom is -0.465 e. The predicted octanol–water partition coefficient (Wildman–Crippen LogP) is 1.65. The van der Waals surface area contributed by atoms with Gasteiger partial charge in [0.1, 0.15) is 0 Å². The molecule has 0 saturated heterocycles. The van der Waals surface area contributed by atoms with Crippen molar-refractivity contribution in [1.29, 1.82) is 0 Å². The summed E-state index contributed by atoms with van der Waals surface area (Å²) >= 11 is 3.34. The van der Waals surface area contributed by atoms with Gasteiger partial charge in [-0.1, -0.05) is 22.0 Å². The summed E-state index contributed by atoms with van der Waals surface area (Å²) in [6, 6.07) is 4.80. The molecule has 0 unspecified atom stereocenters. The summed E-state index contributed by atoms with van der Waals surface area (Å²) in [6.07, 6.45) is 1.69. The first-order valence-electron chi connectivity index (χ1n) is 6.50. The second-order valence-electron chi connectivity index (χ2n) is 4.50. The molecule has 21 heavy (non-hydrogen) atoms. The number of H-pyrrole nitrogens is 1. The van der Waals surface area contributed by atoms with E-state index >= 15 is 0 Å². The van der Waals surface area contributed by atoms with Crippen molar-refractivity contribution >= 4 is 32.8 Å². The average molecular weight is 355 g/mol. The Bertz CT molecular complexity index is 779. The molecule has 1 heterocycles. The number of fused-ring (bicyclic) bond motifs is 1. The maximum Gasteiger partial charge on any atom is 0.338 e. The molecule has 0 spiro atoms. The molecule has 0 amide bonds. The van der Waals surface area contributed by atoms with Crippen molar-refractivity contribution in [2.75, 3.05) is 12.4 Å². The smallest absolute Gasteiger partial charge is 0.338 e. The Labute approximate surface area is 128 Å². The number of alkyl halides is 1. The number of nitrogens with one attached hydrogen (secondary N) is 1. The van der Waals surface area contributed by atoms with Gasteiger partial charge in [-0.25, -0.2) is 9.59 Å². The quantitative estimate of drug-likeness (QED) is 0.502. The number of ether oxygens (including phenoxy) is 1. The van der Waals surface area contributed by atoms with E-state index in [0.717, 1.165) is 18.2 Å². The van der Waals surface area contributed by atoms with Gasteiger partial charge in [0.2, 0.25) is 0 Å². The molecule has 1 aromatic carbocycles. The number of benzene rings is 1. The summed E-state index contributed by atoms with van der Waals surface area (Å²) in [7, 11) is 1.25. The highest BCUT2D eigenvalue weighted by Crippen LogP contribution is 2.15. The van der Waals surface area contributed by atoms with Crippen LogP contribution in [-0.2, 0) is 11.3 Å². The molecule has 0 fully saturated rings. The fraction of sp³-hybridized carbons (Fsp3) is 0.357. The Balaban J connectivity index is 2.68. The number of esters is 1.